The third-order valence-corrected chi connectivity index (χ3v) is 3.04. The monoisotopic (exact) mass is 212 g/mol. The molecule has 0 aliphatic heterocycles. The fourth-order valence-electron chi connectivity index (χ4n) is 1.85. The molecule has 0 radical (unpaired) electrons. The third kappa shape index (κ3) is 8.88. The van der Waals surface area contributed by atoms with Crippen LogP contribution in [0.5, 0.6) is 0 Å². The van der Waals surface area contributed by atoms with Crippen LogP contribution in [0.2, 0.25) is 0 Å². The molecule has 0 unspecified atom stereocenters. The summed E-state index contributed by atoms with van der Waals surface area (Å²) in [7, 11) is 0. The van der Waals surface area contributed by atoms with E-state index in [0.29, 0.717) is 0 Å². The van der Waals surface area contributed by atoms with E-state index in [2.05, 4.69) is 17.6 Å². The average Bonchev–Trinajstić information content (AvgIpc) is 3.05. The van der Waals surface area contributed by atoms with Gasteiger partial charge in [0.2, 0.25) is 0 Å². The van der Waals surface area contributed by atoms with Gasteiger partial charge in [0.15, 0.2) is 0 Å². The van der Waals surface area contributed by atoms with Crippen molar-refractivity contribution in [2.24, 2.45) is 0 Å². The Hall–Kier alpha value is -0.0800. The van der Waals surface area contributed by atoms with E-state index in [1.54, 1.807) is 0 Å². The summed E-state index contributed by atoms with van der Waals surface area (Å²) in [5.41, 5.74) is 0. The van der Waals surface area contributed by atoms with Gasteiger partial charge in [-0.1, -0.05) is 32.6 Å². The first-order valence-corrected chi connectivity index (χ1v) is 6.87. The molecule has 0 bridgehead atoms. The van der Waals surface area contributed by atoms with Gasteiger partial charge in [-0.3, -0.25) is 0 Å². The van der Waals surface area contributed by atoms with Crippen LogP contribution in [-0.2, 0) is 0 Å². The van der Waals surface area contributed by atoms with Gasteiger partial charge in [-0.25, -0.2) is 0 Å². The lowest BCUT2D eigenvalue weighted by atomic mass is 10.1. The van der Waals surface area contributed by atoms with Crippen LogP contribution < -0.4 is 10.6 Å². The number of nitrogens with one attached hydrogen (secondary N) is 2. The minimum atomic E-state index is 0.894. The lowest BCUT2D eigenvalue weighted by Gasteiger charge is -2.03. The van der Waals surface area contributed by atoms with E-state index in [1.165, 1.54) is 64.5 Å². The number of rotatable bonds is 11. The van der Waals surface area contributed by atoms with Crippen molar-refractivity contribution in [3.05, 3.63) is 0 Å². The topological polar surface area (TPSA) is 24.1 Å². The molecule has 0 amide bonds. The van der Waals surface area contributed by atoms with Gasteiger partial charge in [-0.15, -0.1) is 0 Å². The molecule has 0 aromatic carbocycles. The first-order chi connectivity index (χ1) is 7.43. The summed E-state index contributed by atoms with van der Waals surface area (Å²) in [5, 5.41) is 6.93. The molecule has 1 aliphatic carbocycles. The highest BCUT2D eigenvalue weighted by molar-refractivity contribution is 4.80. The summed E-state index contributed by atoms with van der Waals surface area (Å²) in [6.45, 7) is 5.75. The molecule has 2 heteroatoms. The first kappa shape index (κ1) is 13.0. The molecule has 0 heterocycles. The van der Waals surface area contributed by atoms with Crippen LogP contribution in [0.1, 0.15) is 58.3 Å². The lowest BCUT2D eigenvalue weighted by molar-refractivity contribution is 0.553. The Morgan fingerprint density at radius 3 is 2.07 bits per heavy atom. The SMILES string of the molecule is CCNCCCCCCCCNC1CC1. The van der Waals surface area contributed by atoms with E-state index in [0.717, 1.165) is 12.6 Å². The van der Waals surface area contributed by atoms with Crippen molar-refractivity contribution in [1.82, 2.24) is 10.6 Å². The fourth-order valence-corrected chi connectivity index (χ4v) is 1.85. The van der Waals surface area contributed by atoms with E-state index in [9.17, 15) is 0 Å². The summed E-state index contributed by atoms with van der Waals surface area (Å²) in [6.07, 6.45) is 11.3. The molecule has 1 fully saturated rings. The second kappa shape index (κ2) is 9.17. The Morgan fingerprint density at radius 1 is 0.867 bits per heavy atom. The van der Waals surface area contributed by atoms with Gasteiger partial charge in [0, 0.05) is 6.04 Å². The Kier molecular flexibility index (Phi) is 7.94. The first-order valence-electron chi connectivity index (χ1n) is 6.87. The molecule has 0 aromatic rings. The van der Waals surface area contributed by atoms with Crippen LogP contribution in [0, 0.1) is 0 Å². The van der Waals surface area contributed by atoms with Crippen molar-refractivity contribution in [3.8, 4) is 0 Å². The van der Waals surface area contributed by atoms with Crippen molar-refractivity contribution in [1.29, 1.82) is 0 Å². The molecule has 2 N–H and O–H groups in total. The smallest absolute Gasteiger partial charge is 0.00682 e. The molecule has 1 rings (SSSR count). The molecule has 0 aromatic heterocycles. The molecule has 1 aliphatic rings. The second-order valence-corrected chi connectivity index (χ2v) is 4.70. The van der Waals surface area contributed by atoms with Crippen LogP contribution >= 0.6 is 0 Å². The van der Waals surface area contributed by atoms with E-state index >= 15 is 0 Å². The van der Waals surface area contributed by atoms with Gasteiger partial charge in [0.1, 0.15) is 0 Å². The lowest BCUT2D eigenvalue weighted by Crippen LogP contribution is -2.17. The van der Waals surface area contributed by atoms with Crippen LogP contribution in [0.3, 0.4) is 0 Å². The number of unbranched alkanes of at least 4 members (excludes halogenated alkanes) is 5. The average molecular weight is 212 g/mol. The van der Waals surface area contributed by atoms with Crippen LogP contribution in [0.15, 0.2) is 0 Å². The van der Waals surface area contributed by atoms with Crippen molar-refractivity contribution in [3.63, 3.8) is 0 Å². The predicted molar refractivity (Wildman–Crippen MR) is 67.3 cm³/mol. The Labute approximate surface area is 95.2 Å². The molecule has 90 valence electrons. The zero-order valence-corrected chi connectivity index (χ0v) is 10.4. The highest BCUT2D eigenvalue weighted by Gasteiger charge is 2.19. The minimum absolute atomic E-state index is 0.894. The summed E-state index contributed by atoms with van der Waals surface area (Å²) in [4.78, 5) is 0. The Bertz CT molecular complexity index is 132. The van der Waals surface area contributed by atoms with Crippen molar-refractivity contribution < 1.29 is 0 Å². The van der Waals surface area contributed by atoms with Gasteiger partial charge in [-0.2, -0.15) is 0 Å². The molecular formula is C13H28N2. The maximum atomic E-state index is 3.57. The third-order valence-electron chi connectivity index (χ3n) is 3.04. The van der Waals surface area contributed by atoms with Gasteiger partial charge in [0.25, 0.3) is 0 Å². The zero-order chi connectivity index (χ0) is 10.8. The van der Waals surface area contributed by atoms with Crippen LogP contribution in [-0.4, -0.2) is 25.7 Å². The highest BCUT2D eigenvalue weighted by atomic mass is 14.9. The maximum absolute atomic E-state index is 3.57. The quantitative estimate of drug-likeness (QED) is 0.515. The van der Waals surface area contributed by atoms with Crippen molar-refractivity contribution in [2.45, 2.75) is 64.3 Å². The van der Waals surface area contributed by atoms with E-state index in [4.69, 9.17) is 0 Å². The van der Waals surface area contributed by atoms with Crippen LogP contribution in [0.25, 0.3) is 0 Å². The number of hydrogen-bond donors (Lipinski definition) is 2. The molecule has 0 spiro atoms. The van der Waals surface area contributed by atoms with E-state index < -0.39 is 0 Å². The van der Waals surface area contributed by atoms with Gasteiger partial charge in [0.05, 0.1) is 0 Å². The van der Waals surface area contributed by atoms with Gasteiger partial charge in [-0.05, 0) is 45.3 Å². The van der Waals surface area contributed by atoms with Crippen LogP contribution in [0.4, 0.5) is 0 Å². The van der Waals surface area contributed by atoms with Gasteiger partial charge >= 0.3 is 0 Å². The minimum Gasteiger partial charge on any atom is -0.317 e. The highest BCUT2D eigenvalue weighted by Crippen LogP contribution is 2.18. The normalized spacial score (nSPS) is 15.8. The molecule has 0 atom stereocenters. The summed E-state index contributed by atoms with van der Waals surface area (Å²) in [6, 6.07) is 0.894. The maximum Gasteiger partial charge on any atom is 0.00682 e. The Balaban J connectivity index is 1.62. The Morgan fingerprint density at radius 2 is 1.47 bits per heavy atom. The van der Waals surface area contributed by atoms with Crippen molar-refractivity contribution in [2.75, 3.05) is 19.6 Å². The van der Waals surface area contributed by atoms with Gasteiger partial charge < -0.3 is 10.6 Å². The summed E-state index contributed by atoms with van der Waals surface area (Å²) in [5.74, 6) is 0. The molecule has 2 nitrogen and oxygen atoms in total. The van der Waals surface area contributed by atoms with E-state index in [1.807, 2.05) is 0 Å². The summed E-state index contributed by atoms with van der Waals surface area (Å²) >= 11 is 0. The molecule has 0 saturated heterocycles. The summed E-state index contributed by atoms with van der Waals surface area (Å²) < 4.78 is 0. The van der Waals surface area contributed by atoms with E-state index in [-0.39, 0.29) is 0 Å². The predicted octanol–water partition coefficient (Wildman–Crippen LogP) is 2.69. The molecular weight excluding hydrogens is 184 g/mol. The molecule has 1 saturated carbocycles. The molecule has 15 heavy (non-hydrogen) atoms. The second-order valence-electron chi connectivity index (χ2n) is 4.70. The largest absolute Gasteiger partial charge is 0.317 e. The standard InChI is InChI=1S/C13H28N2/c1-2-14-11-7-5-3-4-6-8-12-15-13-9-10-13/h13-15H,2-12H2,1H3. The zero-order valence-electron chi connectivity index (χ0n) is 10.4. The number of hydrogen-bond acceptors (Lipinski definition) is 2. The fraction of sp³-hybridized carbons (Fsp3) is 1.00. The van der Waals surface area contributed by atoms with Crippen molar-refractivity contribution >= 4 is 0 Å².